The predicted octanol–water partition coefficient (Wildman–Crippen LogP) is 4.73. The summed E-state index contributed by atoms with van der Waals surface area (Å²) in [5.74, 6) is -0.283. The second-order valence-electron chi connectivity index (χ2n) is 11.7. The van der Waals surface area contributed by atoms with Gasteiger partial charge in [-0.2, -0.15) is 0 Å². The Balaban J connectivity index is 1.51. The highest BCUT2D eigenvalue weighted by Gasteiger charge is 2.44. The largest absolute Gasteiger partial charge is 0.490 e. The first-order valence-electron chi connectivity index (χ1n) is 14.4. The van der Waals surface area contributed by atoms with E-state index in [2.05, 4.69) is 28.8 Å². The number of amides is 2. The molecule has 224 valence electrons. The minimum Gasteiger partial charge on any atom is -0.490 e. The van der Waals surface area contributed by atoms with Crippen molar-refractivity contribution in [2.45, 2.75) is 37.5 Å². The molecule has 1 spiro atoms. The molecule has 2 aliphatic carbocycles. The van der Waals surface area contributed by atoms with E-state index in [1.807, 2.05) is 12.1 Å². The molecule has 2 aromatic rings. The van der Waals surface area contributed by atoms with Gasteiger partial charge in [-0.1, -0.05) is 29.8 Å². The van der Waals surface area contributed by atoms with E-state index in [9.17, 15) is 18.0 Å². The number of benzene rings is 2. The maximum atomic E-state index is 13.2. The highest BCUT2D eigenvalue weighted by atomic mass is 35.5. The van der Waals surface area contributed by atoms with Crippen molar-refractivity contribution < 1.29 is 22.7 Å². The van der Waals surface area contributed by atoms with Crippen LogP contribution in [0.25, 0.3) is 0 Å². The van der Waals surface area contributed by atoms with Gasteiger partial charge in [-0.3, -0.25) is 9.59 Å². The second kappa shape index (κ2) is 12.1. The van der Waals surface area contributed by atoms with Crippen molar-refractivity contribution in [1.29, 1.82) is 0 Å². The molecule has 10 heteroatoms. The molecule has 8 nitrogen and oxygen atoms in total. The fourth-order valence-electron chi connectivity index (χ4n) is 6.61. The lowest BCUT2D eigenvalue weighted by Gasteiger charge is -2.44. The van der Waals surface area contributed by atoms with Crippen LogP contribution in [-0.2, 0) is 26.7 Å². The van der Waals surface area contributed by atoms with Crippen LogP contribution < -0.4 is 14.4 Å². The molecule has 0 bridgehead atoms. The van der Waals surface area contributed by atoms with Crippen LogP contribution in [0.2, 0.25) is 5.02 Å². The highest BCUT2D eigenvalue weighted by molar-refractivity contribution is 7.90. The third-order valence-electron chi connectivity index (χ3n) is 8.85. The van der Waals surface area contributed by atoms with E-state index >= 15 is 0 Å². The summed E-state index contributed by atoms with van der Waals surface area (Å²) in [6.07, 6.45) is 7.58. The zero-order valence-electron chi connectivity index (χ0n) is 24.0. The van der Waals surface area contributed by atoms with Crippen LogP contribution >= 0.6 is 11.6 Å². The van der Waals surface area contributed by atoms with Gasteiger partial charge in [-0.15, -0.1) is 13.2 Å². The average Bonchev–Trinajstić information content (AvgIpc) is 3.07. The van der Waals surface area contributed by atoms with E-state index in [1.165, 1.54) is 17.2 Å². The van der Waals surface area contributed by atoms with Gasteiger partial charge < -0.3 is 14.5 Å². The lowest BCUT2D eigenvalue weighted by atomic mass is 9.69. The van der Waals surface area contributed by atoms with Gasteiger partial charge in [0, 0.05) is 48.6 Å². The zero-order valence-corrected chi connectivity index (χ0v) is 25.6. The Morgan fingerprint density at radius 3 is 2.71 bits per heavy atom. The predicted molar refractivity (Wildman–Crippen MR) is 166 cm³/mol. The smallest absolute Gasteiger partial charge is 0.264 e. The number of ether oxygens (including phenoxy) is 1. The molecule has 0 saturated heterocycles. The first kappa shape index (κ1) is 30.2. The number of hydrogen-bond acceptors (Lipinski definition) is 6. The number of carbonyl (C=O) groups is 2. The van der Waals surface area contributed by atoms with Crippen LogP contribution in [0.3, 0.4) is 0 Å². The van der Waals surface area contributed by atoms with E-state index in [0.29, 0.717) is 37.0 Å². The normalized spacial score (nSPS) is 23.0. The topological polar surface area (TPSA) is 96.0 Å². The average molecular weight is 612 g/mol. The van der Waals surface area contributed by atoms with Crippen molar-refractivity contribution in [3.63, 3.8) is 0 Å². The van der Waals surface area contributed by atoms with Crippen LogP contribution in [0, 0.1) is 11.8 Å². The molecule has 3 atom stereocenters. The van der Waals surface area contributed by atoms with Crippen LogP contribution in [-0.4, -0.2) is 64.2 Å². The van der Waals surface area contributed by atoms with Crippen LogP contribution in [0.4, 0.5) is 5.69 Å². The first-order valence-corrected chi connectivity index (χ1v) is 16.4. The molecule has 0 aromatic heterocycles. The van der Waals surface area contributed by atoms with Crippen molar-refractivity contribution in [2.24, 2.45) is 11.8 Å². The third-order valence-corrected chi connectivity index (χ3v) is 10.3. The maximum Gasteiger partial charge on any atom is 0.264 e. The molecule has 5 rings (SSSR count). The number of fused-ring (bicyclic) bond motifs is 3. The van der Waals surface area contributed by atoms with Gasteiger partial charge in [-0.25, -0.2) is 13.1 Å². The van der Waals surface area contributed by atoms with Crippen molar-refractivity contribution in [1.82, 2.24) is 9.62 Å². The van der Waals surface area contributed by atoms with E-state index in [1.54, 1.807) is 36.2 Å². The van der Waals surface area contributed by atoms with E-state index < -0.39 is 15.9 Å². The lowest BCUT2D eigenvalue weighted by Crippen LogP contribution is -2.50. The van der Waals surface area contributed by atoms with Gasteiger partial charge in [-0.05, 0) is 79.5 Å². The molecule has 0 radical (unpaired) electrons. The number of rotatable bonds is 9. The fourth-order valence-corrected chi connectivity index (χ4v) is 7.60. The fraction of sp³-hybridized carbons (Fsp3) is 0.438. The number of aryl methyl sites for hydroxylation is 1. The van der Waals surface area contributed by atoms with Crippen molar-refractivity contribution in [2.75, 3.05) is 43.9 Å². The molecule has 1 saturated carbocycles. The van der Waals surface area contributed by atoms with Gasteiger partial charge in [0.05, 0.1) is 18.0 Å². The van der Waals surface area contributed by atoms with Gasteiger partial charge in [0.25, 0.3) is 5.91 Å². The number of carbonyl (C=O) groups excluding carboxylic acids is 2. The van der Waals surface area contributed by atoms with Crippen LogP contribution in [0.1, 0.15) is 47.2 Å². The summed E-state index contributed by atoms with van der Waals surface area (Å²) in [6, 6.07) is 11.1. The summed E-state index contributed by atoms with van der Waals surface area (Å²) < 4.78 is 33.2. The minimum atomic E-state index is -3.85. The van der Waals surface area contributed by atoms with E-state index in [4.69, 9.17) is 16.3 Å². The molecule has 1 heterocycles. The summed E-state index contributed by atoms with van der Waals surface area (Å²) in [5.41, 5.74) is 3.07. The molecular weight excluding hydrogens is 574 g/mol. The third kappa shape index (κ3) is 6.08. The number of nitrogens with one attached hydrogen (secondary N) is 1. The van der Waals surface area contributed by atoms with Crippen LogP contribution in [0.5, 0.6) is 5.75 Å². The zero-order chi connectivity index (χ0) is 30.1. The van der Waals surface area contributed by atoms with E-state index in [-0.39, 0.29) is 34.5 Å². The lowest BCUT2D eigenvalue weighted by molar-refractivity contribution is -0.139. The van der Waals surface area contributed by atoms with Crippen molar-refractivity contribution >= 4 is 39.1 Å². The molecule has 1 fully saturated rings. The number of halogens is 1. The SMILES string of the molecule is C=CCN(C)C(=O)[C@@H]1CC[C@H]1CN1C[C@@]2(CCCc3cc(Cl)ccc32)COc2ccc(C(=O)NS(=O)(=O)CC=C)cc21. The minimum absolute atomic E-state index is 0.0912. The van der Waals surface area contributed by atoms with Gasteiger partial charge in [0.2, 0.25) is 15.9 Å². The molecule has 0 unspecified atom stereocenters. The number of nitrogens with zero attached hydrogens (tertiary/aromatic N) is 2. The van der Waals surface area contributed by atoms with Crippen molar-refractivity contribution in [3.8, 4) is 5.75 Å². The number of hydrogen-bond donors (Lipinski definition) is 1. The summed E-state index contributed by atoms with van der Waals surface area (Å²) in [6.45, 7) is 9.42. The van der Waals surface area contributed by atoms with Crippen molar-refractivity contribution in [3.05, 3.63) is 83.4 Å². The Hall–Kier alpha value is -3.30. The monoisotopic (exact) mass is 611 g/mol. The van der Waals surface area contributed by atoms with Crippen LogP contribution in [0.15, 0.2) is 61.7 Å². The Kier molecular flexibility index (Phi) is 8.71. The summed E-state index contributed by atoms with van der Waals surface area (Å²) in [5, 5.41) is 0.710. The Morgan fingerprint density at radius 2 is 2.00 bits per heavy atom. The summed E-state index contributed by atoms with van der Waals surface area (Å²) in [4.78, 5) is 30.2. The maximum absolute atomic E-state index is 13.2. The number of likely N-dealkylation sites (N-methyl/N-ethyl adjacent to an activating group) is 1. The number of sulfonamides is 1. The Morgan fingerprint density at radius 1 is 1.19 bits per heavy atom. The molecule has 1 N–H and O–H groups in total. The summed E-state index contributed by atoms with van der Waals surface area (Å²) in [7, 11) is -2.04. The standard InChI is InChI=1S/C32H38ClN3O5S/c1-4-15-35(3)31(38)26-11-8-24(26)19-36-20-32(14-6-7-22-17-25(33)10-12-27(22)32)21-41-29-13-9-23(18-28(29)36)30(37)34-42(39,40)16-5-2/h4-5,9-10,12-13,17-18,24,26H,1-2,6-8,11,14-16,19-21H2,3H3,(H,34,37)/t24-,26+,32-/m0/s1. The molecule has 42 heavy (non-hydrogen) atoms. The molecule has 1 aliphatic heterocycles. The molecule has 3 aliphatic rings. The molecule has 2 amide bonds. The van der Waals surface area contributed by atoms with Gasteiger partial charge >= 0.3 is 0 Å². The second-order valence-corrected chi connectivity index (χ2v) is 13.9. The molecule has 2 aromatic carbocycles. The van der Waals surface area contributed by atoms with Gasteiger partial charge in [0.15, 0.2) is 0 Å². The summed E-state index contributed by atoms with van der Waals surface area (Å²) >= 11 is 6.37. The van der Waals surface area contributed by atoms with E-state index in [0.717, 1.165) is 37.8 Å². The first-order chi connectivity index (χ1) is 20.1. The Bertz CT molecular complexity index is 1510. The van der Waals surface area contributed by atoms with Gasteiger partial charge in [0.1, 0.15) is 5.75 Å². The number of anilines is 1. The quantitative estimate of drug-likeness (QED) is 0.412. The Labute approximate surface area is 253 Å². The molecular formula is C32H38ClN3O5S. The highest BCUT2D eigenvalue weighted by Crippen LogP contribution is 2.46.